The fourth-order valence-electron chi connectivity index (χ4n) is 2.08. The predicted octanol–water partition coefficient (Wildman–Crippen LogP) is 3.76. The molecule has 0 saturated carbocycles. The van der Waals surface area contributed by atoms with Crippen LogP contribution in [0, 0.1) is 12.3 Å². The lowest BCUT2D eigenvalue weighted by molar-refractivity contribution is 0.458. The summed E-state index contributed by atoms with van der Waals surface area (Å²) in [6.45, 7) is 8.34. The first-order chi connectivity index (χ1) is 9.79. The van der Waals surface area contributed by atoms with E-state index in [1.807, 2.05) is 31.2 Å². The molecule has 4 nitrogen and oxygen atoms in total. The van der Waals surface area contributed by atoms with Gasteiger partial charge in [0.2, 0.25) is 5.88 Å². The van der Waals surface area contributed by atoms with E-state index in [1.54, 1.807) is 6.20 Å². The zero-order valence-corrected chi connectivity index (χ0v) is 12.9. The van der Waals surface area contributed by atoms with Gasteiger partial charge in [-0.05, 0) is 41.7 Å². The van der Waals surface area contributed by atoms with Crippen LogP contribution in [0.1, 0.15) is 37.5 Å². The molecule has 0 fully saturated rings. The lowest BCUT2D eigenvalue weighted by atomic mass is 9.87. The number of amidine groups is 1. The number of nitrogen functional groups attached to an aromatic ring is 1. The molecule has 0 atom stereocenters. The molecule has 1 heterocycles. The molecule has 0 aliphatic carbocycles. The molecule has 4 heteroatoms. The predicted molar refractivity (Wildman–Crippen MR) is 85.2 cm³/mol. The Morgan fingerprint density at radius 1 is 1.24 bits per heavy atom. The average molecular weight is 283 g/mol. The molecule has 0 aliphatic heterocycles. The lowest BCUT2D eigenvalue weighted by Crippen LogP contribution is -2.15. The van der Waals surface area contributed by atoms with Crippen molar-refractivity contribution < 1.29 is 4.74 Å². The summed E-state index contributed by atoms with van der Waals surface area (Å²) in [7, 11) is 0. The van der Waals surface area contributed by atoms with E-state index in [2.05, 4.69) is 31.8 Å². The number of ether oxygens (including phenoxy) is 1. The van der Waals surface area contributed by atoms with Gasteiger partial charge in [-0.25, -0.2) is 4.98 Å². The fourth-order valence-corrected chi connectivity index (χ4v) is 2.08. The summed E-state index contributed by atoms with van der Waals surface area (Å²) >= 11 is 0. The van der Waals surface area contributed by atoms with Crippen molar-refractivity contribution in [3.8, 4) is 11.6 Å². The number of nitrogens with two attached hydrogens (primary N) is 1. The van der Waals surface area contributed by atoms with Gasteiger partial charge in [-0.15, -0.1) is 0 Å². The Labute approximate surface area is 125 Å². The zero-order valence-electron chi connectivity index (χ0n) is 12.9. The van der Waals surface area contributed by atoms with Crippen LogP contribution in [-0.4, -0.2) is 10.8 Å². The summed E-state index contributed by atoms with van der Waals surface area (Å²) in [5, 5.41) is 7.68. The SMILES string of the molecule is Cc1ccnc(Oc2cccc(C(C)(C)C)c2)c1C(=N)N. The molecule has 0 spiro atoms. The highest BCUT2D eigenvalue weighted by Gasteiger charge is 2.16. The Hall–Kier alpha value is -2.36. The van der Waals surface area contributed by atoms with Gasteiger partial charge in [-0.1, -0.05) is 32.9 Å². The van der Waals surface area contributed by atoms with E-state index in [1.165, 1.54) is 5.56 Å². The van der Waals surface area contributed by atoms with Gasteiger partial charge < -0.3 is 10.5 Å². The van der Waals surface area contributed by atoms with E-state index in [0.717, 1.165) is 5.56 Å². The van der Waals surface area contributed by atoms with Crippen LogP contribution in [0.4, 0.5) is 0 Å². The largest absolute Gasteiger partial charge is 0.438 e. The maximum Gasteiger partial charge on any atom is 0.230 e. The van der Waals surface area contributed by atoms with E-state index in [9.17, 15) is 0 Å². The van der Waals surface area contributed by atoms with Crippen molar-refractivity contribution in [3.63, 3.8) is 0 Å². The van der Waals surface area contributed by atoms with Crippen LogP contribution in [-0.2, 0) is 5.41 Å². The second-order valence-electron chi connectivity index (χ2n) is 6.10. The van der Waals surface area contributed by atoms with Crippen LogP contribution in [0.15, 0.2) is 36.5 Å². The van der Waals surface area contributed by atoms with Gasteiger partial charge in [0.05, 0.1) is 5.56 Å². The van der Waals surface area contributed by atoms with Crippen LogP contribution in [0.2, 0.25) is 0 Å². The molecule has 3 N–H and O–H groups in total. The van der Waals surface area contributed by atoms with Gasteiger partial charge in [0.25, 0.3) is 0 Å². The van der Waals surface area contributed by atoms with Crippen LogP contribution in [0.25, 0.3) is 0 Å². The number of aryl methyl sites for hydroxylation is 1. The Kier molecular flexibility index (Phi) is 3.98. The van der Waals surface area contributed by atoms with Crippen LogP contribution >= 0.6 is 0 Å². The number of nitrogens with zero attached hydrogens (tertiary/aromatic N) is 1. The van der Waals surface area contributed by atoms with Gasteiger partial charge >= 0.3 is 0 Å². The summed E-state index contributed by atoms with van der Waals surface area (Å²) in [5.41, 5.74) is 8.27. The first-order valence-corrected chi connectivity index (χ1v) is 6.87. The first-order valence-electron chi connectivity index (χ1n) is 6.87. The Bertz CT molecular complexity index is 672. The highest BCUT2D eigenvalue weighted by atomic mass is 16.5. The topological polar surface area (TPSA) is 72.0 Å². The molecule has 0 saturated heterocycles. The van der Waals surface area contributed by atoms with E-state index in [4.69, 9.17) is 15.9 Å². The minimum atomic E-state index is -0.0393. The fraction of sp³-hybridized carbons (Fsp3) is 0.294. The lowest BCUT2D eigenvalue weighted by Gasteiger charge is -2.20. The number of aromatic nitrogens is 1. The molecule has 0 aliphatic rings. The molecule has 0 unspecified atom stereocenters. The van der Waals surface area contributed by atoms with E-state index in [0.29, 0.717) is 17.2 Å². The van der Waals surface area contributed by atoms with Crippen molar-refractivity contribution in [3.05, 3.63) is 53.2 Å². The summed E-state index contributed by atoms with van der Waals surface area (Å²) < 4.78 is 5.86. The average Bonchev–Trinajstić information content (AvgIpc) is 2.37. The number of hydrogen-bond donors (Lipinski definition) is 2. The van der Waals surface area contributed by atoms with Crippen LogP contribution in [0.3, 0.4) is 0 Å². The van der Waals surface area contributed by atoms with Crippen molar-refractivity contribution in [2.24, 2.45) is 5.73 Å². The summed E-state index contributed by atoms with van der Waals surface area (Å²) in [5.74, 6) is 1.03. The van der Waals surface area contributed by atoms with Crippen LogP contribution < -0.4 is 10.5 Å². The molecule has 2 aromatic rings. The van der Waals surface area contributed by atoms with Crippen LogP contribution in [0.5, 0.6) is 11.6 Å². The van der Waals surface area contributed by atoms with Gasteiger partial charge in [-0.3, -0.25) is 5.41 Å². The molecule has 0 amide bonds. The third-order valence-electron chi connectivity index (χ3n) is 3.31. The Balaban J connectivity index is 2.40. The van der Waals surface area contributed by atoms with Gasteiger partial charge in [0.15, 0.2) is 0 Å². The molecule has 110 valence electrons. The molecule has 1 aromatic carbocycles. The smallest absolute Gasteiger partial charge is 0.230 e. The van der Waals surface area contributed by atoms with Crippen molar-refractivity contribution >= 4 is 5.84 Å². The number of pyridine rings is 1. The third-order valence-corrected chi connectivity index (χ3v) is 3.31. The summed E-state index contributed by atoms with van der Waals surface area (Å²) in [6.07, 6.45) is 1.66. The van der Waals surface area contributed by atoms with E-state index >= 15 is 0 Å². The molecule has 21 heavy (non-hydrogen) atoms. The second-order valence-corrected chi connectivity index (χ2v) is 6.10. The first kappa shape index (κ1) is 15.0. The molecular weight excluding hydrogens is 262 g/mol. The zero-order chi connectivity index (χ0) is 15.6. The van der Waals surface area contributed by atoms with Crippen molar-refractivity contribution in [2.75, 3.05) is 0 Å². The standard InChI is InChI=1S/C17H21N3O/c1-11-8-9-20-16(14(11)15(18)19)21-13-7-5-6-12(10-13)17(2,3)4/h5-10H,1-4H3,(H3,18,19). The normalized spacial score (nSPS) is 11.2. The van der Waals surface area contributed by atoms with Gasteiger partial charge in [0, 0.05) is 6.20 Å². The number of rotatable bonds is 3. The third kappa shape index (κ3) is 3.40. The molecule has 1 aromatic heterocycles. The monoisotopic (exact) mass is 283 g/mol. The second kappa shape index (κ2) is 5.56. The number of nitrogens with one attached hydrogen (secondary N) is 1. The van der Waals surface area contributed by atoms with Gasteiger partial charge in [-0.2, -0.15) is 0 Å². The number of hydrogen-bond acceptors (Lipinski definition) is 3. The maximum atomic E-state index is 7.68. The highest BCUT2D eigenvalue weighted by molar-refractivity contribution is 5.98. The van der Waals surface area contributed by atoms with Crippen molar-refractivity contribution in [2.45, 2.75) is 33.1 Å². The molecule has 2 rings (SSSR count). The minimum Gasteiger partial charge on any atom is -0.438 e. The van der Waals surface area contributed by atoms with E-state index in [-0.39, 0.29) is 11.3 Å². The van der Waals surface area contributed by atoms with E-state index < -0.39 is 0 Å². The highest BCUT2D eigenvalue weighted by Crippen LogP contribution is 2.29. The summed E-state index contributed by atoms with van der Waals surface area (Å²) in [6, 6.07) is 9.72. The molecule has 0 bridgehead atoms. The summed E-state index contributed by atoms with van der Waals surface area (Å²) in [4.78, 5) is 4.20. The number of benzene rings is 1. The van der Waals surface area contributed by atoms with Crippen molar-refractivity contribution in [1.29, 1.82) is 5.41 Å². The maximum absolute atomic E-state index is 7.68. The van der Waals surface area contributed by atoms with Gasteiger partial charge in [0.1, 0.15) is 11.6 Å². The Morgan fingerprint density at radius 2 is 1.95 bits per heavy atom. The molecule has 0 radical (unpaired) electrons. The molecular formula is C17H21N3O. The van der Waals surface area contributed by atoms with Crippen molar-refractivity contribution in [1.82, 2.24) is 4.98 Å². The minimum absolute atomic E-state index is 0.0393. The Morgan fingerprint density at radius 3 is 2.57 bits per heavy atom. The quantitative estimate of drug-likeness (QED) is 0.665.